The number of aromatic nitrogens is 3. The molecule has 1 aliphatic carbocycles. The van der Waals surface area contributed by atoms with Gasteiger partial charge < -0.3 is 5.32 Å². The van der Waals surface area contributed by atoms with Gasteiger partial charge in [0.2, 0.25) is 0 Å². The fourth-order valence-corrected chi connectivity index (χ4v) is 4.30. The number of carbonyl (C=O) groups excluding carboxylic acids is 1. The smallest absolute Gasteiger partial charge is 0.272 e. The van der Waals surface area contributed by atoms with E-state index in [1.54, 1.807) is 6.08 Å². The first kappa shape index (κ1) is 17.3. The van der Waals surface area contributed by atoms with Gasteiger partial charge in [-0.25, -0.2) is 4.98 Å². The number of allylic oxidation sites excluding steroid dienone is 1. The Morgan fingerprint density at radius 3 is 2.86 bits per heavy atom. The van der Waals surface area contributed by atoms with Crippen LogP contribution in [0.4, 0.5) is 0 Å². The van der Waals surface area contributed by atoms with Gasteiger partial charge >= 0.3 is 0 Å². The topological polar surface area (TPSA) is 59.8 Å². The zero-order chi connectivity index (χ0) is 19.1. The highest BCUT2D eigenvalue weighted by molar-refractivity contribution is 6.31. The highest BCUT2D eigenvalue weighted by Crippen LogP contribution is 2.35. The molecular formula is C22H19ClN4O. The molecule has 6 heteroatoms. The second kappa shape index (κ2) is 7.00. The molecule has 0 saturated heterocycles. The van der Waals surface area contributed by atoms with Crippen LogP contribution in [0.1, 0.15) is 34.2 Å². The summed E-state index contributed by atoms with van der Waals surface area (Å²) in [7, 11) is 0. The molecule has 5 nitrogen and oxygen atoms in total. The molecule has 2 aliphatic rings. The molecule has 1 aliphatic heterocycles. The van der Waals surface area contributed by atoms with E-state index in [4.69, 9.17) is 11.6 Å². The number of nitrogens with one attached hydrogen (secondary N) is 1. The quantitative estimate of drug-likeness (QED) is 0.731. The lowest BCUT2D eigenvalue weighted by Gasteiger charge is -2.18. The highest BCUT2D eigenvalue weighted by Gasteiger charge is 2.26. The number of hydrogen-bond donors (Lipinski definition) is 1. The summed E-state index contributed by atoms with van der Waals surface area (Å²) in [6, 6.07) is 16.1. The first-order valence-corrected chi connectivity index (χ1v) is 9.82. The maximum atomic E-state index is 12.5. The standard InChI is InChI=1S/C22H19ClN4O/c23-18-8-4-7-17-16(18)9-10-19(17)24-13-14-11-20-25-22(15-5-2-1-3-6-15)26-27(20)21(28)12-14/h1-8,12,19,24H,9-11,13H2. The number of benzene rings is 2. The lowest BCUT2D eigenvalue weighted by atomic mass is 10.1. The Bertz CT molecular complexity index is 1090. The SMILES string of the molecule is O=C1C=C(CNC2CCc3c(Cl)cccc32)Cc2nc(-c3ccccc3)nn21. The van der Waals surface area contributed by atoms with Gasteiger partial charge in [-0.1, -0.05) is 54.1 Å². The molecule has 28 heavy (non-hydrogen) atoms. The predicted octanol–water partition coefficient (Wildman–Crippen LogP) is 4.00. The van der Waals surface area contributed by atoms with Crippen LogP contribution < -0.4 is 5.32 Å². The number of rotatable bonds is 4. The van der Waals surface area contributed by atoms with Crippen LogP contribution in [0.15, 0.2) is 60.2 Å². The second-order valence-electron chi connectivity index (χ2n) is 7.23. The minimum absolute atomic E-state index is 0.136. The van der Waals surface area contributed by atoms with Crippen LogP contribution in [-0.4, -0.2) is 27.2 Å². The van der Waals surface area contributed by atoms with Crippen molar-refractivity contribution in [2.24, 2.45) is 0 Å². The molecule has 2 heterocycles. The maximum Gasteiger partial charge on any atom is 0.272 e. The third-order valence-electron chi connectivity index (χ3n) is 5.42. The highest BCUT2D eigenvalue weighted by atomic mass is 35.5. The van der Waals surface area contributed by atoms with Crippen molar-refractivity contribution in [2.45, 2.75) is 25.3 Å². The molecular weight excluding hydrogens is 372 g/mol. The van der Waals surface area contributed by atoms with E-state index >= 15 is 0 Å². The Morgan fingerprint density at radius 1 is 1.14 bits per heavy atom. The summed E-state index contributed by atoms with van der Waals surface area (Å²) >= 11 is 6.31. The summed E-state index contributed by atoms with van der Waals surface area (Å²) < 4.78 is 1.41. The molecule has 140 valence electrons. The average Bonchev–Trinajstić information content (AvgIpc) is 3.32. The van der Waals surface area contributed by atoms with Gasteiger partial charge in [0.1, 0.15) is 5.82 Å². The second-order valence-corrected chi connectivity index (χ2v) is 7.63. The van der Waals surface area contributed by atoms with Crippen LogP contribution in [0.2, 0.25) is 5.02 Å². The van der Waals surface area contributed by atoms with Crippen molar-refractivity contribution in [3.8, 4) is 11.4 Å². The van der Waals surface area contributed by atoms with E-state index in [0.717, 1.165) is 29.0 Å². The molecule has 3 aromatic rings. The number of nitrogens with zero attached hydrogens (tertiary/aromatic N) is 3. The average molecular weight is 391 g/mol. The molecule has 1 atom stereocenters. The van der Waals surface area contributed by atoms with E-state index in [2.05, 4.69) is 21.5 Å². The van der Waals surface area contributed by atoms with Gasteiger partial charge in [0, 0.05) is 35.7 Å². The first-order valence-electron chi connectivity index (χ1n) is 9.45. The van der Waals surface area contributed by atoms with Crippen LogP contribution in [0, 0.1) is 0 Å². The molecule has 1 N–H and O–H groups in total. The van der Waals surface area contributed by atoms with Gasteiger partial charge in [0.05, 0.1) is 0 Å². The van der Waals surface area contributed by atoms with Crippen molar-refractivity contribution in [2.75, 3.05) is 6.54 Å². The van der Waals surface area contributed by atoms with Crippen molar-refractivity contribution >= 4 is 17.5 Å². The molecule has 2 aromatic carbocycles. The normalized spacial score (nSPS) is 18.0. The van der Waals surface area contributed by atoms with E-state index in [9.17, 15) is 4.79 Å². The van der Waals surface area contributed by atoms with Gasteiger partial charge in [-0.3, -0.25) is 4.79 Å². The van der Waals surface area contributed by atoms with Crippen LogP contribution in [-0.2, 0) is 12.8 Å². The molecule has 0 amide bonds. The van der Waals surface area contributed by atoms with Crippen LogP contribution in [0.3, 0.4) is 0 Å². The predicted molar refractivity (Wildman–Crippen MR) is 108 cm³/mol. The van der Waals surface area contributed by atoms with Crippen molar-refractivity contribution in [3.05, 3.63) is 82.2 Å². The molecule has 1 unspecified atom stereocenters. The molecule has 5 rings (SSSR count). The maximum absolute atomic E-state index is 12.5. The molecule has 0 saturated carbocycles. The molecule has 1 aromatic heterocycles. The van der Waals surface area contributed by atoms with Gasteiger partial charge in [-0.05, 0) is 35.6 Å². The molecule has 0 fully saturated rings. The largest absolute Gasteiger partial charge is 0.306 e. The van der Waals surface area contributed by atoms with Crippen molar-refractivity contribution < 1.29 is 4.79 Å². The summed E-state index contributed by atoms with van der Waals surface area (Å²) in [4.78, 5) is 17.1. The lowest BCUT2D eigenvalue weighted by Crippen LogP contribution is -2.27. The Labute approximate surface area is 168 Å². The molecule has 0 spiro atoms. The molecule has 0 radical (unpaired) electrons. The van der Waals surface area contributed by atoms with Crippen LogP contribution in [0.25, 0.3) is 11.4 Å². The van der Waals surface area contributed by atoms with Crippen LogP contribution >= 0.6 is 11.6 Å². The number of carbonyl (C=O) groups is 1. The van der Waals surface area contributed by atoms with Gasteiger partial charge in [-0.2, -0.15) is 4.68 Å². The third-order valence-corrected chi connectivity index (χ3v) is 5.77. The van der Waals surface area contributed by atoms with Gasteiger partial charge in [-0.15, -0.1) is 5.10 Å². The van der Waals surface area contributed by atoms with E-state index in [1.165, 1.54) is 15.8 Å². The van der Waals surface area contributed by atoms with Crippen molar-refractivity contribution in [1.29, 1.82) is 0 Å². The summed E-state index contributed by atoms with van der Waals surface area (Å²) in [5, 5.41) is 8.82. The Balaban J connectivity index is 1.31. The molecule has 0 bridgehead atoms. The fraction of sp³-hybridized carbons (Fsp3) is 0.227. The Kier molecular flexibility index (Phi) is 4.34. The zero-order valence-electron chi connectivity index (χ0n) is 15.2. The minimum Gasteiger partial charge on any atom is -0.306 e. The van der Waals surface area contributed by atoms with Crippen LogP contribution in [0.5, 0.6) is 0 Å². The summed E-state index contributed by atoms with van der Waals surface area (Å²) in [6.45, 7) is 0.649. The van der Waals surface area contributed by atoms with Gasteiger partial charge in [0.25, 0.3) is 5.91 Å². The zero-order valence-corrected chi connectivity index (χ0v) is 16.0. The van der Waals surface area contributed by atoms with Gasteiger partial charge in [0.15, 0.2) is 5.82 Å². The summed E-state index contributed by atoms with van der Waals surface area (Å²) in [5.41, 5.74) is 4.45. The van der Waals surface area contributed by atoms with E-state index in [1.807, 2.05) is 42.5 Å². The van der Waals surface area contributed by atoms with E-state index in [0.29, 0.717) is 24.6 Å². The van der Waals surface area contributed by atoms with E-state index in [-0.39, 0.29) is 11.9 Å². The van der Waals surface area contributed by atoms with E-state index < -0.39 is 0 Å². The fourth-order valence-electron chi connectivity index (χ4n) is 4.02. The van der Waals surface area contributed by atoms with Crippen molar-refractivity contribution in [3.63, 3.8) is 0 Å². The number of hydrogen-bond acceptors (Lipinski definition) is 4. The minimum atomic E-state index is -0.136. The number of halogens is 1. The summed E-state index contributed by atoms with van der Waals surface area (Å²) in [5.74, 6) is 1.14. The lowest BCUT2D eigenvalue weighted by molar-refractivity contribution is 0.0945. The Hall–Kier alpha value is -2.76. The summed E-state index contributed by atoms with van der Waals surface area (Å²) in [6.07, 6.45) is 4.30. The first-order chi connectivity index (χ1) is 13.7. The monoisotopic (exact) mass is 390 g/mol. The Morgan fingerprint density at radius 2 is 2.00 bits per heavy atom. The number of fused-ring (bicyclic) bond motifs is 2. The third kappa shape index (κ3) is 3.07. The van der Waals surface area contributed by atoms with Crippen molar-refractivity contribution in [1.82, 2.24) is 20.1 Å².